The number of hydrogen-bond acceptors (Lipinski definition) is 7. The summed E-state index contributed by atoms with van der Waals surface area (Å²) < 4.78 is 16.8. The number of methoxy groups -OCH3 is 2. The van der Waals surface area contributed by atoms with Gasteiger partial charge in [-0.1, -0.05) is 11.3 Å². The van der Waals surface area contributed by atoms with Gasteiger partial charge in [0.1, 0.15) is 10.2 Å². The molecular weight excluding hydrogens is 304 g/mol. The Bertz CT molecular complexity index is 682. The number of thiazole rings is 1. The molecule has 1 aromatic carbocycles. The Morgan fingerprint density at radius 3 is 2.64 bits per heavy atom. The van der Waals surface area contributed by atoms with E-state index in [1.807, 2.05) is 6.92 Å². The number of fused-ring (bicyclic) bond motifs is 1. The molecular formula is C15H20N2O4S. The Morgan fingerprint density at radius 1 is 1.36 bits per heavy atom. The van der Waals surface area contributed by atoms with E-state index in [1.54, 1.807) is 27.0 Å². The molecule has 7 heteroatoms. The van der Waals surface area contributed by atoms with Crippen molar-refractivity contribution in [2.75, 3.05) is 26.1 Å². The highest BCUT2D eigenvalue weighted by molar-refractivity contribution is 7.22. The number of benzene rings is 1. The van der Waals surface area contributed by atoms with Gasteiger partial charge in [-0.3, -0.25) is 0 Å². The number of anilines is 1. The predicted molar refractivity (Wildman–Crippen MR) is 87.4 cm³/mol. The molecule has 2 aromatic rings. The van der Waals surface area contributed by atoms with E-state index in [4.69, 9.17) is 14.2 Å². The third-order valence-electron chi connectivity index (χ3n) is 2.90. The first-order valence-electron chi connectivity index (χ1n) is 7.02. The first kappa shape index (κ1) is 16.4. The highest BCUT2D eigenvalue weighted by Gasteiger charge is 2.23. The van der Waals surface area contributed by atoms with Crippen LogP contribution in [0.1, 0.15) is 31.1 Å². The molecule has 0 fully saturated rings. The summed E-state index contributed by atoms with van der Waals surface area (Å²) >= 11 is 1.42. The minimum absolute atomic E-state index is 0.206. The van der Waals surface area contributed by atoms with E-state index in [9.17, 15) is 4.79 Å². The Balaban J connectivity index is 2.66. The minimum atomic E-state index is -0.422. The van der Waals surface area contributed by atoms with Crippen LogP contribution in [0.25, 0.3) is 10.2 Å². The van der Waals surface area contributed by atoms with Crippen LogP contribution in [0.5, 0.6) is 11.5 Å². The molecule has 0 saturated carbocycles. The molecule has 0 saturated heterocycles. The van der Waals surface area contributed by atoms with Crippen LogP contribution in [0.4, 0.5) is 5.13 Å². The second kappa shape index (κ2) is 6.83. The van der Waals surface area contributed by atoms with E-state index in [1.165, 1.54) is 18.4 Å². The predicted octanol–water partition coefficient (Wildman–Crippen LogP) is 3.31. The molecule has 1 heterocycles. The lowest BCUT2D eigenvalue weighted by molar-refractivity contribution is 0.0379. The fourth-order valence-corrected chi connectivity index (χ4v) is 3.11. The average Bonchev–Trinajstić information content (AvgIpc) is 2.88. The van der Waals surface area contributed by atoms with Crippen molar-refractivity contribution in [3.63, 3.8) is 0 Å². The molecule has 22 heavy (non-hydrogen) atoms. The van der Waals surface area contributed by atoms with Gasteiger partial charge in [0.25, 0.3) is 0 Å². The second-order valence-corrected chi connectivity index (χ2v) is 5.84. The molecule has 0 amide bonds. The van der Waals surface area contributed by atoms with Gasteiger partial charge in [-0.25, -0.2) is 9.78 Å². The number of hydrogen-bond donors (Lipinski definition) is 1. The summed E-state index contributed by atoms with van der Waals surface area (Å²) in [5.41, 5.74) is 0.936. The van der Waals surface area contributed by atoms with E-state index < -0.39 is 5.97 Å². The Morgan fingerprint density at radius 2 is 2.09 bits per heavy atom. The van der Waals surface area contributed by atoms with Gasteiger partial charge in [0, 0.05) is 12.6 Å². The summed E-state index contributed by atoms with van der Waals surface area (Å²) in [6.07, 6.45) is -0.206. The van der Waals surface area contributed by atoms with Crippen molar-refractivity contribution in [1.29, 1.82) is 0 Å². The largest absolute Gasteiger partial charge is 0.493 e. The average molecular weight is 324 g/mol. The van der Waals surface area contributed by atoms with Gasteiger partial charge >= 0.3 is 5.97 Å². The summed E-state index contributed by atoms with van der Waals surface area (Å²) in [7, 11) is 3.10. The van der Waals surface area contributed by atoms with Gasteiger partial charge < -0.3 is 19.5 Å². The SMILES string of the molecule is CCNc1nc2c(C(=O)OC(C)C)cc(OC)c(OC)c2s1. The van der Waals surface area contributed by atoms with E-state index in [0.29, 0.717) is 22.6 Å². The van der Waals surface area contributed by atoms with Crippen LogP contribution < -0.4 is 14.8 Å². The molecule has 2 rings (SSSR count). The highest BCUT2D eigenvalue weighted by Crippen LogP contribution is 2.42. The van der Waals surface area contributed by atoms with Gasteiger partial charge in [0.2, 0.25) is 0 Å². The summed E-state index contributed by atoms with van der Waals surface area (Å²) in [5, 5.41) is 3.88. The summed E-state index contributed by atoms with van der Waals surface area (Å²) in [5.74, 6) is 0.631. The first-order valence-corrected chi connectivity index (χ1v) is 7.83. The monoisotopic (exact) mass is 324 g/mol. The summed E-state index contributed by atoms with van der Waals surface area (Å²) in [6.45, 7) is 6.34. The molecule has 0 aliphatic rings. The van der Waals surface area contributed by atoms with Crippen molar-refractivity contribution in [3.8, 4) is 11.5 Å². The molecule has 120 valence electrons. The number of nitrogens with one attached hydrogen (secondary N) is 1. The van der Waals surface area contributed by atoms with Crippen LogP contribution in [-0.4, -0.2) is 37.8 Å². The van der Waals surface area contributed by atoms with Crippen molar-refractivity contribution in [3.05, 3.63) is 11.6 Å². The minimum Gasteiger partial charge on any atom is -0.493 e. The summed E-state index contributed by atoms with van der Waals surface area (Å²) in [4.78, 5) is 16.8. The fraction of sp³-hybridized carbons (Fsp3) is 0.467. The third kappa shape index (κ3) is 3.09. The van der Waals surface area contributed by atoms with Crippen molar-refractivity contribution >= 4 is 32.7 Å². The Hall–Kier alpha value is -2.02. The zero-order valence-corrected chi connectivity index (χ0v) is 14.2. The smallest absolute Gasteiger partial charge is 0.340 e. The van der Waals surface area contributed by atoms with Crippen LogP contribution in [0.15, 0.2) is 6.07 Å². The van der Waals surface area contributed by atoms with Gasteiger partial charge in [-0.05, 0) is 20.8 Å². The quantitative estimate of drug-likeness (QED) is 0.822. The number of ether oxygens (including phenoxy) is 3. The number of aromatic nitrogens is 1. The van der Waals surface area contributed by atoms with Crippen LogP contribution in [0.2, 0.25) is 0 Å². The summed E-state index contributed by atoms with van der Waals surface area (Å²) in [6, 6.07) is 1.61. The molecule has 0 aliphatic heterocycles. The molecule has 6 nitrogen and oxygen atoms in total. The van der Waals surface area contributed by atoms with Crippen LogP contribution in [-0.2, 0) is 4.74 Å². The lowest BCUT2D eigenvalue weighted by Crippen LogP contribution is -2.12. The molecule has 1 aromatic heterocycles. The van der Waals surface area contributed by atoms with Crippen LogP contribution in [0, 0.1) is 0 Å². The number of esters is 1. The molecule has 0 bridgehead atoms. The lowest BCUT2D eigenvalue weighted by atomic mass is 10.1. The Labute approximate surface area is 133 Å². The van der Waals surface area contributed by atoms with Gasteiger partial charge in [0.15, 0.2) is 16.6 Å². The maximum absolute atomic E-state index is 12.3. The molecule has 0 atom stereocenters. The second-order valence-electron chi connectivity index (χ2n) is 4.84. The number of carbonyl (C=O) groups is 1. The van der Waals surface area contributed by atoms with E-state index >= 15 is 0 Å². The normalized spacial score (nSPS) is 10.8. The molecule has 1 N–H and O–H groups in total. The molecule has 0 unspecified atom stereocenters. The van der Waals surface area contributed by atoms with Crippen LogP contribution in [0.3, 0.4) is 0 Å². The van der Waals surface area contributed by atoms with E-state index in [0.717, 1.165) is 16.4 Å². The van der Waals surface area contributed by atoms with Crippen molar-refractivity contribution < 1.29 is 19.0 Å². The van der Waals surface area contributed by atoms with Crippen molar-refractivity contribution in [2.45, 2.75) is 26.9 Å². The molecule has 0 aliphatic carbocycles. The molecule has 0 radical (unpaired) electrons. The third-order valence-corrected chi connectivity index (χ3v) is 3.91. The van der Waals surface area contributed by atoms with Crippen molar-refractivity contribution in [1.82, 2.24) is 4.98 Å². The number of rotatable bonds is 6. The van der Waals surface area contributed by atoms with Gasteiger partial charge in [-0.2, -0.15) is 0 Å². The zero-order chi connectivity index (χ0) is 16.3. The van der Waals surface area contributed by atoms with E-state index in [-0.39, 0.29) is 6.10 Å². The zero-order valence-electron chi connectivity index (χ0n) is 13.4. The van der Waals surface area contributed by atoms with Crippen molar-refractivity contribution in [2.24, 2.45) is 0 Å². The lowest BCUT2D eigenvalue weighted by Gasteiger charge is -2.12. The topological polar surface area (TPSA) is 69.7 Å². The fourth-order valence-electron chi connectivity index (χ4n) is 2.04. The number of nitrogens with zero attached hydrogens (tertiary/aromatic N) is 1. The Kier molecular flexibility index (Phi) is 5.07. The standard InChI is InChI=1S/C15H20N2O4S/c1-6-16-15-17-11-9(14(18)21-8(2)3)7-10(19-4)12(20-5)13(11)22-15/h7-8H,6H2,1-5H3,(H,16,17). The molecule has 0 spiro atoms. The van der Waals surface area contributed by atoms with Gasteiger partial charge in [0.05, 0.1) is 25.9 Å². The maximum Gasteiger partial charge on any atom is 0.340 e. The first-order chi connectivity index (χ1) is 10.5. The highest BCUT2D eigenvalue weighted by atomic mass is 32.1. The van der Waals surface area contributed by atoms with Gasteiger partial charge in [-0.15, -0.1) is 0 Å². The number of carbonyl (C=O) groups excluding carboxylic acids is 1. The maximum atomic E-state index is 12.3. The van der Waals surface area contributed by atoms with E-state index in [2.05, 4.69) is 10.3 Å². The van der Waals surface area contributed by atoms with Crippen LogP contribution >= 0.6 is 11.3 Å².